The van der Waals surface area contributed by atoms with Crippen LogP contribution in [0.25, 0.3) is 10.1 Å². The number of fused-ring (bicyclic) bond motifs is 1. The Bertz CT molecular complexity index is 890. The van der Waals surface area contributed by atoms with Crippen molar-refractivity contribution < 1.29 is 23.1 Å². The average molecular weight is 347 g/mol. The normalized spacial score (nSPS) is 10.6. The van der Waals surface area contributed by atoms with Gasteiger partial charge >= 0.3 is 5.97 Å². The summed E-state index contributed by atoms with van der Waals surface area (Å²) in [6, 6.07) is 12.1. The molecule has 0 saturated carbocycles. The molecule has 0 radical (unpaired) electrons. The van der Waals surface area contributed by atoms with Crippen LogP contribution in [0.15, 0.2) is 48.5 Å². The lowest BCUT2D eigenvalue weighted by molar-refractivity contribution is -0.119. The van der Waals surface area contributed by atoms with E-state index < -0.39 is 30.1 Å². The van der Waals surface area contributed by atoms with Crippen molar-refractivity contribution >= 4 is 39.0 Å². The quantitative estimate of drug-likeness (QED) is 0.727. The molecule has 4 nitrogen and oxygen atoms in total. The van der Waals surface area contributed by atoms with Crippen LogP contribution in [0, 0.1) is 11.6 Å². The van der Waals surface area contributed by atoms with Crippen molar-refractivity contribution in [2.45, 2.75) is 0 Å². The third kappa shape index (κ3) is 3.57. The number of benzene rings is 2. The number of hydrogen-bond acceptors (Lipinski definition) is 4. The lowest BCUT2D eigenvalue weighted by Gasteiger charge is -2.06. The molecule has 1 amide bonds. The molecule has 2 aromatic carbocycles. The third-order valence-corrected chi connectivity index (χ3v) is 4.26. The van der Waals surface area contributed by atoms with Crippen molar-refractivity contribution in [3.8, 4) is 0 Å². The predicted molar refractivity (Wildman–Crippen MR) is 87.1 cm³/mol. The molecule has 1 aromatic heterocycles. The minimum atomic E-state index is -1.07. The van der Waals surface area contributed by atoms with E-state index in [0.717, 1.165) is 22.2 Å². The van der Waals surface area contributed by atoms with E-state index in [2.05, 4.69) is 5.32 Å². The highest BCUT2D eigenvalue weighted by molar-refractivity contribution is 7.20. The third-order valence-electron chi connectivity index (χ3n) is 3.16. The fourth-order valence-corrected chi connectivity index (χ4v) is 3.01. The van der Waals surface area contributed by atoms with Crippen molar-refractivity contribution in [2.75, 3.05) is 11.9 Å². The first kappa shape index (κ1) is 16.1. The van der Waals surface area contributed by atoms with Crippen LogP contribution in [-0.2, 0) is 9.53 Å². The Labute approximate surface area is 139 Å². The zero-order chi connectivity index (χ0) is 17.1. The molecule has 7 heteroatoms. The van der Waals surface area contributed by atoms with Gasteiger partial charge in [0.1, 0.15) is 4.88 Å². The molecule has 0 aliphatic heterocycles. The van der Waals surface area contributed by atoms with Gasteiger partial charge in [0, 0.05) is 16.5 Å². The summed E-state index contributed by atoms with van der Waals surface area (Å²) in [5, 5.41) is 3.24. The molecule has 0 fully saturated rings. The average Bonchev–Trinajstić information content (AvgIpc) is 3.00. The smallest absolute Gasteiger partial charge is 0.348 e. The molecule has 0 spiro atoms. The van der Waals surface area contributed by atoms with Crippen LogP contribution < -0.4 is 5.32 Å². The summed E-state index contributed by atoms with van der Waals surface area (Å²) in [6.45, 7) is -0.522. The van der Waals surface area contributed by atoms with Gasteiger partial charge in [0.05, 0.1) is 0 Å². The largest absolute Gasteiger partial charge is 0.451 e. The second kappa shape index (κ2) is 6.76. The van der Waals surface area contributed by atoms with Gasteiger partial charge in [-0.3, -0.25) is 4.79 Å². The van der Waals surface area contributed by atoms with Crippen molar-refractivity contribution in [3.05, 3.63) is 65.0 Å². The molecule has 3 rings (SSSR count). The maximum atomic E-state index is 13.1. The van der Waals surface area contributed by atoms with Crippen LogP contribution in [0.5, 0.6) is 0 Å². The number of carbonyl (C=O) groups is 2. The second-order valence-corrected chi connectivity index (χ2v) is 5.99. The van der Waals surface area contributed by atoms with Gasteiger partial charge in [-0.25, -0.2) is 13.6 Å². The molecule has 0 aliphatic carbocycles. The number of thiophene rings is 1. The van der Waals surface area contributed by atoms with Crippen molar-refractivity contribution in [1.29, 1.82) is 0 Å². The summed E-state index contributed by atoms with van der Waals surface area (Å²) >= 11 is 1.27. The van der Waals surface area contributed by atoms with E-state index in [1.807, 2.05) is 24.3 Å². The van der Waals surface area contributed by atoms with E-state index in [4.69, 9.17) is 4.74 Å². The summed E-state index contributed by atoms with van der Waals surface area (Å²) in [6.07, 6.45) is 0. The van der Waals surface area contributed by atoms with E-state index in [-0.39, 0.29) is 5.69 Å². The van der Waals surface area contributed by atoms with Gasteiger partial charge in [0.25, 0.3) is 5.91 Å². The van der Waals surface area contributed by atoms with Crippen molar-refractivity contribution in [1.82, 2.24) is 0 Å². The van der Waals surface area contributed by atoms with Crippen molar-refractivity contribution in [2.24, 2.45) is 0 Å². The number of anilines is 1. The molecule has 0 aliphatic rings. The zero-order valence-corrected chi connectivity index (χ0v) is 13.0. The maximum Gasteiger partial charge on any atom is 0.348 e. The fourth-order valence-electron chi connectivity index (χ4n) is 2.06. The van der Waals surface area contributed by atoms with E-state index in [0.29, 0.717) is 4.88 Å². The Morgan fingerprint density at radius 2 is 1.83 bits per heavy atom. The minimum absolute atomic E-state index is 0.0804. The summed E-state index contributed by atoms with van der Waals surface area (Å²) in [5.74, 6) is -3.34. The monoisotopic (exact) mass is 347 g/mol. The first-order chi connectivity index (χ1) is 11.5. The lowest BCUT2D eigenvalue weighted by Crippen LogP contribution is -2.20. The first-order valence-corrected chi connectivity index (χ1v) is 7.75. The molecule has 0 atom stereocenters. The van der Waals surface area contributed by atoms with Gasteiger partial charge in [0.15, 0.2) is 18.2 Å². The van der Waals surface area contributed by atoms with Crippen LogP contribution in [0.1, 0.15) is 9.67 Å². The van der Waals surface area contributed by atoms with Gasteiger partial charge in [0.2, 0.25) is 0 Å². The lowest BCUT2D eigenvalue weighted by atomic mass is 10.2. The van der Waals surface area contributed by atoms with E-state index >= 15 is 0 Å². The Balaban J connectivity index is 1.59. The minimum Gasteiger partial charge on any atom is -0.451 e. The molecular formula is C17H11F2NO3S. The SMILES string of the molecule is O=C(COC(=O)c1cc2ccccc2s1)Nc1ccc(F)c(F)c1. The molecule has 122 valence electrons. The standard InChI is InChI=1S/C17H11F2NO3S/c18-12-6-5-11(8-13(12)19)20-16(21)9-23-17(22)15-7-10-3-1-2-4-14(10)24-15/h1-8H,9H2,(H,20,21). The van der Waals surface area contributed by atoms with Gasteiger partial charge in [-0.1, -0.05) is 18.2 Å². The predicted octanol–water partition coefficient (Wildman–Crippen LogP) is 3.98. The Morgan fingerprint density at radius 3 is 2.58 bits per heavy atom. The first-order valence-electron chi connectivity index (χ1n) is 6.93. The molecule has 1 N–H and O–H groups in total. The number of rotatable bonds is 4. The van der Waals surface area contributed by atoms with Gasteiger partial charge in [-0.2, -0.15) is 0 Å². The summed E-state index contributed by atoms with van der Waals surface area (Å²) in [7, 11) is 0. The number of esters is 1. The highest BCUT2D eigenvalue weighted by atomic mass is 32.1. The number of ether oxygens (including phenoxy) is 1. The summed E-state index contributed by atoms with van der Waals surface area (Å²) in [5.41, 5.74) is 0.0804. The maximum absolute atomic E-state index is 13.1. The van der Waals surface area contributed by atoms with Crippen LogP contribution in [-0.4, -0.2) is 18.5 Å². The fraction of sp³-hybridized carbons (Fsp3) is 0.0588. The van der Waals surface area contributed by atoms with Crippen LogP contribution >= 0.6 is 11.3 Å². The van der Waals surface area contributed by atoms with Crippen LogP contribution in [0.2, 0.25) is 0 Å². The number of hydrogen-bond donors (Lipinski definition) is 1. The summed E-state index contributed by atoms with van der Waals surface area (Å²) < 4.78 is 31.7. The highest BCUT2D eigenvalue weighted by Gasteiger charge is 2.14. The molecule has 0 bridgehead atoms. The van der Waals surface area contributed by atoms with E-state index in [9.17, 15) is 18.4 Å². The van der Waals surface area contributed by atoms with Gasteiger partial charge in [-0.05, 0) is 29.7 Å². The molecule has 3 aromatic rings. The van der Waals surface area contributed by atoms with E-state index in [1.54, 1.807) is 6.07 Å². The number of carbonyl (C=O) groups excluding carboxylic acids is 2. The zero-order valence-electron chi connectivity index (χ0n) is 12.2. The summed E-state index contributed by atoms with van der Waals surface area (Å²) in [4.78, 5) is 24.1. The topological polar surface area (TPSA) is 55.4 Å². The van der Waals surface area contributed by atoms with Crippen molar-refractivity contribution in [3.63, 3.8) is 0 Å². The molecule has 0 unspecified atom stereocenters. The molecule has 0 saturated heterocycles. The number of amides is 1. The number of halogens is 2. The highest BCUT2D eigenvalue weighted by Crippen LogP contribution is 2.25. The molecule has 24 heavy (non-hydrogen) atoms. The Kier molecular flexibility index (Phi) is 4.52. The van der Waals surface area contributed by atoms with Gasteiger partial charge in [-0.15, -0.1) is 11.3 Å². The van der Waals surface area contributed by atoms with E-state index in [1.165, 1.54) is 17.4 Å². The van der Waals surface area contributed by atoms with Crippen LogP contribution in [0.3, 0.4) is 0 Å². The molecular weight excluding hydrogens is 336 g/mol. The van der Waals surface area contributed by atoms with Gasteiger partial charge < -0.3 is 10.1 Å². The Morgan fingerprint density at radius 1 is 1.04 bits per heavy atom. The second-order valence-electron chi connectivity index (χ2n) is 4.90. The van der Waals surface area contributed by atoms with Crippen LogP contribution in [0.4, 0.5) is 14.5 Å². The molecule has 1 heterocycles. The number of nitrogens with one attached hydrogen (secondary N) is 1. The Hall–Kier alpha value is -2.80.